The normalized spacial score (nSPS) is 45.0. The minimum absolute atomic E-state index is 0.593. The fourth-order valence-electron chi connectivity index (χ4n) is 1.21. The molecule has 0 aromatic carbocycles. The first-order valence-electron chi connectivity index (χ1n) is 2.93. The molecule has 2 saturated heterocycles. The van der Waals surface area contributed by atoms with Gasteiger partial charge in [-0.3, -0.25) is 0 Å². The van der Waals surface area contributed by atoms with Crippen molar-refractivity contribution < 1.29 is 0 Å². The van der Waals surface area contributed by atoms with Crippen molar-refractivity contribution in [2.75, 3.05) is 13.1 Å². The summed E-state index contributed by atoms with van der Waals surface area (Å²) in [5.74, 6) is 0. The summed E-state index contributed by atoms with van der Waals surface area (Å²) in [5, 5.41) is 3.26. The second kappa shape index (κ2) is 1.66. The van der Waals surface area contributed by atoms with Crippen molar-refractivity contribution in [2.45, 2.75) is 12.1 Å². The Kier molecular flexibility index (Phi) is 0.976. The van der Waals surface area contributed by atoms with Crippen molar-refractivity contribution >= 4 is 0 Å². The summed E-state index contributed by atoms with van der Waals surface area (Å²) >= 11 is 0. The quantitative estimate of drug-likeness (QED) is 0.292. The Morgan fingerprint density at radius 3 is 2.25 bits per heavy atom. The standard InChI is InChI=1S/C4H10N4/c1-3-4(2-5-1)7-8-6-3/h3-8H,1-2H2. The molecule has 0 spiro atoms. The highest BCUT2D eigenvalue weighted by atomic mass is 15.7. The van der Waals surface area contributed by atoms with E-state index in [0.717, 1.165) is 13.1 Å². The van der Waals surface area contributed by atoms with Gasteiger partial charge in [0.15, 0.2) is 0 Å². The Balaban J connectivity index is 2.04. The SMILES string of the molecule is C1NCC2NNNC12. The highest BCUT2D eigenvalue weighted by Crippen LogP contribution is 2.00. The molecule has 0 aliphatic carbocycles. The van der Waals surface area contributed by atoms with Crippen LogP contribution in [-0.2, 0) is 0 Å². The van der Waals surface area contributed by atoms with Gasteiger partial charge in [0.1, 0.15) is 0 Å². The molecule has 8 heavy (non-hydrogen) atoms. The smallest absolute Gasteiger partial charge is 0.0530 e. The van der Waals surface area contributed by atoms with Crippen molar-refractivity contribution in [2.24, 2.45) is 0 Å². The maximum absolute atomic E-state index is 3.26. The Morgan fingerprint density at radius 1 is 1.00 bits per heavy atom. The van der Waals surface area contributed by atoms with Crippen molar-refractivity contribution in [1.29, 1.82) is 0 Å². The lowest BCUT2D eigenvalue weighted by molar-refractivity contribution is 0.519. The Labute approximate surface area is 48.0 Å². The van der Waals surface area contributed by atoms with Crippen molar-refractivity contribution in [3.8, 4) is 0 Å². The van der Waals surface area contributed by atoms with E-state index in [1.165, 1.54) is 0 Å². The molecule has 4 N–H and O–H groups in total. The van der Waals surface area contributed by atoms with Gasteiger partial charge in [-0.1, -0.05) is 0 Å². The van der Waals surface area contributed by atoms with Crippen molar-refractivity contribution in [1.82, 2.24) is 21.7 Å². The van der Waals surface area contributed by atoms with Crippen LogP contribution < -0.4 is 21.7 Å². The van der Waals surface area contributed by atoms with Gasteiger partial charge >= 0.3 is 0 Å². The zero-order valence-electron chi connectivity index (χ0n) is 4.57. The van der Waals surface area contributed by atoms with Crippen molar-refractivity contribution in [3.05, 3.63) is 0 Å². The van der Waals surface area contributed by atoms with Crippen LogP contribution in [0.1, 0.15) is 0 Å². The number of hydrogen-bond acceptors (Lipinski definition) is 4. The molecule has 2 heterocycles. The third-order valence-corrected chi connectivity index (χ3v) is 1.73. The summed E-state index contributed by atoms with van der Waals surface area (Å²) in [7, 11) is 0. The maximum Gasteiger partial charge on any atom is 0.0530 e. The molecular formula is C4H10N4. The molecular weight excluding hydrogens is 104 g/mol. The topological polar surface area (TPSA) is 48.1 Å². The molecule has 2 aliphatic rings. The van der Waals surface area contributed by atoms with Gasteiger partial charge in [-0.15, -0.1) is 0 Å². The van der Waals surface area contributed by atoms with E-state index in [-0.39, 0.29) is 0 Å². The third-order valence-electron chi connectivity index (χ3n) is 1.73. The summed E-state index contributed by atoms with van der Waals surface area (Å²) in [5.41, 5.74) is 9.07. The average molecular weight is 114 g/mol. The zero-order chi connectivity index (χ0) is 5.40. The number of nitrogens with one attached hydrogen (secondary N) is 4. The summed E-state index contributed by atoms with van der Waals surface area (Å²) < 4.78 is 0. The third kappa shape index (κ3) is 0.545. The largest absolute Gasteiger partial charge is 0.313 e. The van der Waals surface area contributed by atoms with E-state index >= 15 is 0 Å². The molecule has 2 aliphatic heterocycles. The van der Waals surface area contributed by atoms with E-state index in [0.29, 0.717) is 12.1 Å². The lowest BCUT2D eigenvalue weighted by Crippen LogP contribution is -2.38. The van der Waals surface area contributed by atoms with Crippen LogP contribution in [0.5, 0.6) is 0 Å². The molecule has 0 radical (unpaired) electrons. The van der Waals surface area contributed by atoms with E-state index in [2.05, 4.69) is 21.7 Å². The van der Waals surface area contributed by atoms with Crippen LogP contribution in [0.3, 0.4) is 0 Å². The highest BCUT2D eigenvalue weighted by molar-refractivity contribution is 4.92. The first-order chi connectivity index (χ1) is 3.97. The molecule has 2 fully saturated rings. The lowest BCUT2D eigenvalue weighted by Gasteiger charge is -2.01. The predicted octanol–water partition coefficient (Wildman–Crippen LogP) is -2.06. The fourth-order valence-corrected chi connectivity index (χ4v) is 1.21. The molecule has 2 rings (SSSR count). The first kappa shape index (κ1) is 4.69. The van der Waals surface area contributed by atoms with Gasteiger partial charge in [0.25, 0.3) is 0 Å². The first-order valence-corrected chi connectivity index (χ1v) is 2.93. The molecule has 0 bridgehead atoms. The monoisotopic (exact) mass is 114 g/mol. The molecule has 0 aromatic rings. The van der Waals surface area contributed by atoms with Crippen LogP contribution in [0.4, 0.5) is 0 Å². The van der Waals surface area contributed by atoms with Gasteiger partial charge in [-0.2, -0.15) is 5.53 Å². The minimum atomic E-state index is 0.593. The van der Waals surface area contributed by atoms with Crippen LogP contribution in [-0.4, -0.2) is 25.2 Å². The number of hydrazine groups is 2. The van der Waals surface area contributed by atoms with E-state index in [4.69, 9.17) is 0 Å². The van der Waals surface area contributed by atoms with E-state index in [1.54, 1.807) is 0 Å². The van der Waals surface area contributed by atoms with Crippen LogP contribution in [0.15, 0.2) is 0 Å². The Hall–Kier alpha value is -0.160. The molecule has 4 heteroatoms. The van der Waals surface area contributed by atoms with Crippen LogP contribution >= 0.6 is 0 Å². The van der Waals surface area contributed by atoms with E-state index in [9.17, 15) is 0 Å². The van der Waals surface area contributed by atoms with Gasteiger partial charge in [-0.05, 0) is 0 Å². The minimum Gasteiger partial charge on any atom is -0.313 e. The summed E-state index contributed by atoms with van der Waals surface area (Å²) in [6.07, 6.45) is 0. The Bertz CT molecular complexity index is 74.0. The summed E-state index contributed by atoms with van der Waals surface area (Å²) in [6, 6.07) is 1.19. The average Bonchev–Trinajstić information content (AvgIpc) is 2.15. The van der Waals surface area contributed by atoms with Gasteiger partial charge in [-0.25, -0.2) is 10.9 Å². The maximum atomic E-state index is 3.26. The van der Waals surface area contributed by atoms with Crippen molar-refractivity contribution in [3.63, 3.8) is 0 Å². The van der Waals surface area contributed by atoms with Gasteiger partial charge < -0.3 is 5.32 Å². The lowest BCUT2D eigenvalue weighted by atomic mass is 10.2. The summed E-state index contributed by atoms with van der Waals surface area (Å²) in [4.78, 5) is 0. The molecule has 0 aromatic heterocycles. The molecule has 2 atom stereocenters. The zero-order valence-corrected chi connectivity index (χ0v) is 4.57. The molecule has 0 saturated carbocycles. The second-order valence-corrected chi connectivity index (χ2v) is 2.28. The van der Waals surface area contributed by atoms with Crippen LogP contribution in [0.25, 0.3) is 0 Å². The molecule has 4 nitrogen and oxygen atoms in total. The van der Waals surface area contributed by atoms with E-state index in [1.807, 2.05) is 0 Å². The molecule has 2 unspecified atom stereocenters. The highest BCUT2D eigenvalue weighted by Gasteiger charge is 2.30. The van der Waals surface area contributed by atoms with E-state index < -0.39 is 0 Å². The number of fused-ring (bicyclic) bond motifs is 1. The fraction of sp³-hybridized carbons (Fsp3) is 1.00. The van der Waals surface area contributed by atoms with Crippen LogP contribution in [0, 0.1) is 0 Å². The number of hydrogen-bond donors (Lipinski definition) is 4. The number of rotatable bonds is 0. The molecule has 0 amide bonds. The predicted molar refractivity (Wildman–Crippen MR) is 29.9 cm³/mol. The summed E-state index contributed by atoms with van der Waals surface area (Å²) in [6.45, 7) is 2.15. The van der Waals surface area contributed by atoms with Gasteiger partial charge in [0.05, 0.1) is 12.1 Å². The Morgan fingerprint density at radius 2 is 1.62 bits per heavy atom. The van der Waals surface area contributed by atoms with Gasteiger partial charge in [0.2, 0.25) is 0 Å². The molecule has 46 valence electrons. The van der Waals surface area contributed by atoms with Crippen LogP contribution in [0.2, 0.25) is 0 Å². The van der Waals surface area contributed by atoms with Gasteiger partial charge in [0, 0.05) is 13.1 Å². The second-order valence-electron chi connectivity index (χ2n) is 2.28.